The molecule has 8 heteroatoms. The first-order valence-electron chi connectivity index (χ1n) is 10.6. The van der Waals surface area contributed by atoms with Gasteiger partial charge in [-0.2, -0.15) is 10.2 Å². The van der Waals surface area contributed by atoms with E-state index in [-0.39, 0.29) is 23.7 Å². The first-order chi connectivity index (χ1) is 16.1. The van der Waals surface area contributed by atoms with Gasteiger partial charge in [-0.05, 0) is 18.2 Å². The van der Waals surface area contributed by atoms with Gasteiger partial charge in [0.25, 0.3) is 11.5 Å². The Hall–Kier alpha value is -4.04. The lowest BCUT2D eigenvalue weighted by atomic mass is 10.1. The zero-order valence-corrected chi connectivity index (χ0v) is 18.6. The van der Waals surface area contributed by atoms with Crippen molar-refractivity contribution in [2.75, 3.05) is 20.8 Å². The first kappa shape index (κ1) is 22.2. The smallest absolute Gasteiger partial charge is 0.274 e. The average Bonchev–Trinajstić information content (AvgIpc) is 3.28. The molecule has 4 rings (SSSR count). The maximum absolute atomic E-state index is 13.1. The van der Waals surface area contributed by atoms with Crippen molar-refractivity contribution in [1.29, 1.82) is 0 Å². The fraction of sp³-hybridized carbons (Fsp3) is 0.200. The van der Waals surface area contributed by atoms with Crippen LogP contribution < -0.4 is 5.56 Å². The summed E-state index contributed by atoms with van der Waals surface area (Å²) in [5.41, 5.74) is 3.52. The lowest BCUT2D eigenvalue weighted by Crippen LogP contribution is -2.31. The van der Waals surface area contributed by atoms with Gasteiger partial charge in [-0.3, -0.25) is 9.59 Å². The molecule has 2 aromatic heterocycles. The highest BCUT2D eigenvalue weighted by Gasteiger charge is 2.19. The number of methoxy groups -OCH3 is 1. The van der Waals surface area contributed by atoms with Crippen molar-refractivity contribution < 1.29 is 9.53 Å². The Morgan fingerprint density at radius 2 is 1.67 bits per heavy atom. The number of carbonyl (C=O) groups is 1. The number of carbonyl (C=O) groups excluding carboxylic acids is 1. The summed E-state index contributed by atoms with van der Waals surface area (Å²) < 4.78 is 8.08. The molecule has 8 nitrogen and oxygen atoms in total. The molecule has 0 saturated carbocycles. The Labute approximate surface area is 191 Å². The molecule has 33 heavy (non-hydrogen) atoms. The molecule has 2 heterocycles. The van der Waals surface area contributed by atoms with E-state index in [1.165, 1.54) is 16.8 Å². The summed E-state index contributed by atoms with van der Waals surface area (Å²) in [6, 6.07) is 22.5. The number of amides is 1. The molecular weight excluding hydrogens is 418 g/mol. The van der Waals surface area contributed by atoms with Crippen LogP contribution in [0.1, 0.15) is 16.1 Å². The van der Waals surface area contributed by atoms with Crippen LogP contribution in [0.2, 0.25) is 0 Å². The highest BCUT2D eigenvalue weighted by molar-refractivity contribution is 5.92. The summed E-state index contributed by atoms with van der Waals surface area (Å²) >= 11 is 0. The number of hydrogen-bond acceptors (Lipinski definition) is 5. The number of para-hydroxylation sites is 1. The summed E-state index contributed by atoms with van der Waals surface area (Å²) in [6.07, 6.45) is 1.94. The van der Waals surface area contributed by atoms with E-state index in [0.29, 0.717) is 13.2 Å². The number of rotatable bonds is 8. The lowest BCUT2D eigenvalue weighted by Gasteiger charge is -2.17. The predicted octanol–water partition coefficient (Wildman–Crippen LogP) is 3.01. The average molecular weight is 444 g/mol. The molecule has 0 N–H and O–H groups in total. The molecular formula is C25H25N5O3. The maximum Gasteiger partial charge on any atom is 0.274 e. The number of ether oxygens (including phenoxy) is 1. The van der Waals surface area contributed by atoms with Gasteiger partial charge in [0, 0.05) is 44.1 Å². The highest BCUT2D eigenvalue weighted by atomic mass is 16.5. The van der Waals surface area contributed by atoms with Crippen molar-refractivity contribution in [3.8, 4) is 16.9 Å². The van der Waals surface area contributed by atoms with Crippen molar-refractivity contribution in [2.45, 2.75) is 13.1 Å². The summed E-state index contributed by atoms with van der Waals surface area (Å²) in [5, 5.41) is 9.02. The first-order valence-corrected chi connectivity index (χ1v) is 10.6. The van der Waals surface area contributed by atoms with Gasteiger partial charge in [-0.1, -0.05) is 48.5 Å². The topological polar surface area (TPSA) is 82.2 Å². The summed E-state index contributed by atoms with van der Waals surface area (Å²) in [7, 11) is 3.26. The molecule has 0 saturated heterocycles. The Morgan fingerprint density at radius 3 is 2.36 bits per heavy atom. The second kappa shape index (κ2) is 10.1. The van der Waals surface area contributed by atoms with Gasteiger partial charge >= 0.3 is 0 Å². The van der Waals surface area contributed by atoms with Gasteiger partial charge in [-0.15, -0.1) is 0 Å². The van der Waals surface area contributed by atoms with Gasteiger partial charge in [0.2, 0.25) is 0 Å². The van der Waals surface area contributed by atoms with Crippen LogP contribution in [-0.4, -0.2) is 51.1 Å². The molecule has 0 fully saturated rings. The minimum Gasteiger partial charge on any atom is -0.383 e. The molecule has 168 valence electrons. The fourth-order valence-electron chi connectivity index (χ4n) is 3.50. The van der Waals surface area contributed by atoms with Gasteiger partial charge < -0.3 is 9.64 Å². The third kappa shape index (κ3) is 5.07. The van der Waals surface area contributed by atoms with E-state index >= 15 is 0 Å². The minimum absolute atomic E-state index is 0.199. The zero-order valence-electron chi connectivity index (χ0n) is 18.6. The number of hydrogen-bond donors (Lipinski definition) is 0. The second-order valence-electron chi connectivity index (χ2n) is 7.58. The Balaban J connectivity index is 1.63. The Bertz CT molecular complexity index is 1280. The number of benzene rings is 2. The SMILES string of the molecule is COCCn1nc(C(=O)N(C)Cc2cn(-c3ccccc3)nc2-c2ccccc2)ccc1=O. The number of aromatic nitrogens is 4. The van der Waals surface area contributed by atoms with E-state index in [1.807, 2.05) is 71.5 Å². The molecule has 4 aromatic rings. The standard InChI is InChI=1S/C25H25N5O3/c1-28(25(32)22-13-14-23(31)29(26-22)15-16-33-2)17-20-18-30(21-11-7-4-8-12-21)27-24(20)19-9-5-3-6-10-19/h3-14,18H,15-17H2,1-2H3. The van der Waals surface area contributed by atoms with Crippen molar-refractivity contribution in [1.82, 2.24) is 24.5 Å². The van der Waals surface area contributed by atoms with Crippen LogP contribution in [0.5, 0.6) is 0 Å². The molecule has 0 atom stereocenters. The van der Waals surface area contributed by atoms with Crippen molar-refractivity contribution >= 4 is 5.91 Å². The van der Waals surface area contributed by atoms with Crippen LogP contribution in [0.4, 0.5) is 0 Å². The molecule has 0 radical (unpaired) electrons. The van der Waals surface area contributed by atoms with Crippen LogP contribution in [0.3, 0.4) is 0 Å². The second-order valence-corrected chi connectivity index (χ2v) is 7.58. The molecule has 0 unspecified atom stereocenters. The Morgan fingerprint density at radius 1 is 0.970 bits per heavy atom. The van der Waals surface area contributed by atoms with Crippen molar-refractivity contribution in [2.24, 2.45) is 0 Å². The van der Waals surface area contributed by atoms with E-state index in [9.17, 15) is 9.59 Å². The maximum atomic E-state index is 13.1. The van der Waals surface area contributed by atoms with E-state index in [4.69, 9.17) is 9.84 Å². The molecule has 0 spiro atoms. The van der Waals surface area contributed by atoms with E-state index in [2.05, 4.69) is 5.10 Å². The normalized spacial score (nSPS) is 10.8. The largest absolute Gasteiger partial charge is 0.383 e. The highest BCUT2D eigenvalue weighted by Crippen LogP contribution is 2.25. The van der Waals surface area contributed by atoms with E-state index in [0.717, 1.165) is 22.5 Å². The van der Waals surface area contributed by atoms with Crippen LogP contribution in [0.25, 0.3) is 16.9 Å². The third-order valence-corrected chi connectivity index (χ3v) is 5.21. The summed E-state index contributed by atoms with van der Waals surface area (Å²) in [6.45, 7) is 0.941. The van der Waals surface area contributed by atoms with Gasteiger partial charge in [0.1, 0.15) is 5.69 Å². The Kier molecular flexibility index (Phi) is 6.75. The van der Waals surface area contributed by atoms with Crippen molar-refractivity contribution in [3.05, 3.63) is 101 Å². The van der Waals surface area contributed by atoms with Crippen LogP contribution >= 0.6 is 0 Å². The van der Waals surface area contributed by atoms with Crippen LogP contribution in [0, 0.1) is 0 Å². The molecule has 2 aromatic carbocycles. The van der Waals surface area contributed by atoms with Gasteiger partial charge in [-0.25, -0.2) is 9.36 Å². The zero-order chi connectivity index (χ0) is 23.2. The third-order valence-electron chi connectivity index (χ3n) is 5.21. The minimum atomic E-state index is -0.285. The van der Waals surface area contributed by atoms with Crippen LogP contribution in [-0.2, 0) is 17.8 Å². The van der Waals surface area contributed by atoms with E-state index < -0.39 is 0 Å². The van der Waals surface area contributed by atoms with Crippen molar-refractivity contribution in [3.63, 3.8) is 0 Å². The van der Waals surface area contributed by atoms with Gasteiger partial charge in [0.05, 0.1) is 24.5 Å². The predicted molar refractivity (Wildman–Crippen MR) is 125 cm³/mol. The monoisotopic (exact) mass is 443 g/mol. The summed E-state index contributed by atoms with van der Waals surface area (Å²) in [4.78, 5) is 26.7. The molecule has 0 aliphatic heterocycles. The molecule has 0 aliphatic carbocycles. The quantitative estimate of drug-likeness (QED) is 0.418. The fourth-order valence-corrected chi connectivity index (χ4v) is 3.50. The molecule has 0 bridgehead atoms. The summed E-state index contributed by atoms with van der Waals surface area (Å²) in [5.74, 6) is -0.285. The van der Waals surface area contributed by atoms with Gasteiger partial charge in [0.15, 0.2) is 0 Å². The molecule has 0 aliphatic rings. The lowest BCUT2D eigenvalue weighted by molar-refractivity contribution is 0.0775. The molecule has 1 amide bonds. The van der Waals surface area contributed by atoms with E-state index in [1.54, 1.807) is 19.1 Å². The number of nitrogens with zero attached hydrogens (tertiary/aromatic N) is 5. The van der Waals surface area contributed by atoms with Crippen LogP contribution in [0.15, 0.2) is 83.8 Å².